The third kappa shape index (κ3) is 2.20. The summed E-state index contributed by atoms with van der Waals surface area (Å²) in [5.41, 5.74) is 0. The topological polar surface area (TPSA) is 36.3 Å². The number of hydrogen-bond acceptors (Lipinski definition) is 3. The van der Waals surface area contributed by atoms with Crippen LogP contribution in [0, 0.1) is 11.3 Å². The molecule has 0 aromatic carbocycles. The molecule has 1 saturated heterocycles. The van der Waals surface area contributed by atoms with Crippen LogP contribution in [-0.4, -0.2) is 36.7 Å². The molecule has 1 atom stereocenters. The quantitative estimate of drug-likeness (QED) is 0.590. The fourth-order valence-corrected chi connectivity index (χ4v) is 1.60. The Morgan fingerprint density at radius 1 is 1.67 bits per heavy atom. The van der Waals surface area contributed by atoms with Crippen molar-refractivity contribution in [2.24, 2.45) is 0 Å². The zero-order valence-electron chi connectivity index (χ0n) is 7.79. The van der Waals surface area contributed by atoms with Crippen molar-refractivity contribution in [1.29, 1.82) is 5.26 Å². The van der Waals surface area contributed by atoms with Crippen LogP contribution >= 0.6 is 0 Å². The van der Waals surface area contributed by atoms with Gasteiger partial charge in [-0.1, -0.05) is 0 Å². The second-order valence-electron chi connectivity index (χ2n) is 3.44. The van der Waals surface area contributed by atoms with Gasteiger partial charge in [0.25, 0.3) is 0 Å². The van der Waals surface area contributed by atoms with E-state index >= 15 is 0 Å². The summed E-state index contributed by atoms with van der Waals surface area (Å²) in [5, 5.41) is 8.61. The van der Waals surface area contributed by atoms with Crippen LogP contribution in [0.2, 0.25) is 0 Å². The van der Waals surface area contributed by atoms with Gasteiger partial charge in [-0.25, -0.2) is 0 Å². The zero-order valence-corrected chi connectivity index (χ0v) is 7.79. The molecule has 12 heavy (non-hydrogen) atoms. The summed E-state index contributed by atoms with van der Waals surface area (Å²) < 4.78 is 5.28. The lowest BCUT2D eigenvalue weighted by Crippen LogP contribution is -2.41. The average Bonchev–Trinajstić information content (AvgIpc) is 2.51. The van der Waals surface area contributed by atoms with E-state index in [0.717, 1.165) is 19.6 Å². The van der Waals surface area contributed by atoms with Crippen molar-refractivity contribution in [3.8, 4) is 6.07 Å². The third-order valence-electron chi connectivity index (χ3n) is 2.29. The van der Waals surface area contributed by atoms with Crippen LogP contribution in [0.4, 0.5) is 0 Å². The molecule has 3 nitrogen and oxygen atoms in total. The van der Waals surface area contributed by atoms with Gasteiger partial charge < -0.3 is 4.74 Å². The highest BCUT2D eigenvalue weighted by atomic mass is 16.5. The summed E-state index contributed by atoms with van der Waals surface area (Å²) in [6.45, 7) is 6.40. The molecular formula is C9H16N2O. The smallest absolute Gasteiger partial charge is 0.0871 e. The van der Waals surface area contributed by atoms with Crippen molar-refractivity contribution in [1.82, 2.24) is 4.90 Å². The van der Waals surface area contributed by atoms with E-state index in [2.05, 4.69) is 24.8 Å². The highest BCUT2D eigenvalue weighted by Crippen LogP contribution is 2.14. The maximum Gasteiger partial charge on any atom is 0.0871 e. The Bertz CT molecular complexity index is 168. The van der Waals surface area contributed by atoms with Gasteiger partial charge in [0.05, 0.1) is 19.2 Å². The van der Waals surface area contributed by atoms with Crippen molar-refractivity contribution in [3.63, 3.8) is 0 Å². The van der Waals surface area contributed by atoms with Crippen LogP contribution < -0.4 is 0 Å². The molecule has 0 radical (unpaired) electrons. The first kappa shape index (κ1) is 9.50. The van der Waals surface area contributed by atoms with Gasteiger partial charge in [-0.15, -0.1) is 0 Å². The number of rotatable bonds is 3. The minimum atomic E-state index is 0.441. The first-order valence-corrected chi connectivity index (χ1v) is 4.46. The summed E-state index contributed by atoms with van der Waals surface area (Å²) in [7, 11) is 0. The van der Waals surface area contributed by atoms with E-state index in [4.69, 9.17) is 10.00 Å². The maximum absolute atomic E-state index is 8.61. The molecule has 1 heterocycles. The first-order valence-electron chi connectivity index (χ1n) is 4.46. The molecule has 0 amide bonds. The van der Waals surface area contributed by atoms with Gasteiger partial charge in [0, 0.05) is 18.7 Å². The summed E-state index contributed by atoms with van der Waals surface area (Å²) in [6.07, 6.45) is 1.07. The molecular weight excluding hydrogens is 152 g/mol. The molecule has 68 valence electrons. The molecule has 1 rings (SSSR count). The molecule has 0 N–H and O–H groups in total. The van der Waals surface area contributed by atoms with E-state index in [1.807, 2.05) is 0 Å². The monoisotopic (exact) mass is 168 g/mol. The van der Waals surface area contributed by atoms with Crippen LogP contribution in [0.3, 0.4) is 0 Å². The van der Waals surface area contributed by atoms with E-state index in [9.17, 15) is 0 Å². The van der Waals surface area contributed by atoms with E-state index in [1.165, 1.54) is 0 Å². The normalized spacial score (nSPS) is 23.4. The molecule has 1 fully saturated rings. The van der Waals surface area contributed by atoms with Gasteiger partial charge >= 0.3 is 0 Å². The lowest BCUT2D eigenvalue weighted by molar-refractivity contribution is 0.133. The summed E-state index contributed by atoms with van der Waals surface area (Å²) in [4.78, 5) is 2.20. The van der Waals surface area contributed by atoms with Crippen molar-refractivity contribution < 1.29 is 4.74 Å². The van der Waals surface area contributed by atoms with Crippen LogP contribution in [0.1, 0.15) is 20.3 Å². The lowest BCUT2D eigenvalue weighted by atomic mass is 10.2. The second-order valence-corrected chi connectivity index (χ2v) is 3.44. The molecule has 1 unspecified atom stereocenters. The van der Waals surface area contributed by atoms with Crippen molar-refractivity contribution in [3.05, 3.63) is 0 Å². The Kier molecular flexibility index (Phi) is 3.51. The van der Waals surface area contributed by atoms with Crippen LogP contribution in [0.25, 0.3) is 0 Å². The summed E-state index contributed by atoms with van der Waals surface area (Å²) in [5.74, 6) is 0. The van der Waals surface area contributed by atoms with Crippen LogP contribution in [0.5, 0.6) is 0 Å². The van der Waals surface area contributed by atoms with Crippen LogP contribution in [0.15, 0.2) is 0 Å². The van der Waals surface area contributed by atoms with Gasteiger partial charge in [0.2, 0.25) is 0 Å². The standard InChI is InChI=1S/C9H16N2O/c1-8(2)11(5-4-10)9-3-6-12-7-9/h8-9H,3,5-7H2,1-2H3. The highest BCUT2D eigenvalue weighted by Gasteiger charge is 2.24. The SMILES string of the molecule is CC(C)N(CC#N)C1CCOC1. The maximum atomic E-state index is 8.61. The predicted octanol–water partition coefficient (Wildman–Crippen LogP) is 1.01. The van der Waals surface area contributed by atoms with Crippen molar-refractivity contribution in [2.75, 3.05) is 19.8 Å². The zero-order chi connectivity index (χ0) is 8.97. The van der Waals surface area contributed by atoms with Gasteiger partial charge in [0.15, 0.2) is 0 Å². The molecule has 1 aliphatic rings. The molecule has 0 bridgehead atoms. The predicted molar refractivity (Wildman–Crippen MR) is 46.7 cm³/mol. The minimum absolute atomic E-state index is 0.441. The summed E-state index contributed by atoms with van der Waals surface area (Å²) >= 11 is 0. The molecule has 0 aromatic rings. The van der Waals surface area contributed by atoms with E-state index in [1.54, 1.807) is 0 Å². The van der Waals surface area contributed by atoms with Crippen molar-refractivity contribution in [2.45, 2.75) is 32.4 Å². The van der Waals surface area contributed by atoms with E-state index < -0.39 is 0 Å². The van der Waals surface area contributed by atoms with E-state index in [-0.39, 0.29) is 0 Å². The number of hydrogen-bond donors (Lipinski definition) is 0. The van der Waals surface area contributed by atoms with E-state index in [0.29, 0.717) is 18.6 Å². The van der Waals surface area contributed by atoms with Crippen molar-refractivity contribution >= 4 is 0 Å². The Labute approximate surface area is 73.9 Å². The van der Waals surface area contributed by atoms with Gasteiger partial charge in [-0.05, 0) is 20.3 Å². The Balaban J connectivity index is 2.47. The highest BCUT2D eigenvalue weighted by molar-refractivity contribution is 4.85. The lowest BCUT2D eigenvalue weighted by Gasteiger charge is -2.28. The average molecular weight is 168 g/mol. The fourth-order valence-electron chi connectivity index (χ4n) is 1.60. The third-order valence-corrected chi connectivity index (χ3v) is 2.29. The molecule has 1 aliphatic heterocycles. The molecule has 0 aromatic heterocycles. The second kappa shape index (κ2) is 4.44. The molecule has 0 spiro atoms. The van der Waals surface area contributed by atoms with Crippen LogP contribution in [-0.2, 0) is 4.74 Å². The first-order chi connectivity index (χ1) is 5.75. The fraction of sp³-hybridized carbons (Fsp3) is 0.889. The Morgan fingerprint density at radius 2 is 2.42 bits per heavy atom. The van der Waals surface area contributed by atoms with Gasteiger partial charge in [-0.2, -0.15) is 5.26 Å². The number of nitrogens with zero attached hydrogens (tertiary/aromatic N) is 2. The molecule has 0 saturated carbocycles. The number of ether oxygens (including phenoxy) is 1. The largest absolute Gasteiger partial charge is 0.380 e. The van der Waals surface area contributed by atoms with Gasteiger partial charge in [-0.3, -0.25) is 4.90 Å². The summed E-state index contributed by atoms with van der Waals surface area (Å²) in [6, 6.07) is 3.10. The molecule has 0 aliphatic carbocycles. The van der Waals surface area contributed by atoms with Gasteiger partial charge in [0.1, 0.15) is 0 Å². The number of nitriles is 1. The Morgan fingerprint density at radius 3 is 2.83 bits per heavy atom. The Hall–Kier alpha value is -0.590. The molecule has 3 heteroatoms. The minimum Gasteiger partial charge on any atom is -0.380 e.